The Labute approximate surface area is 156 Å². The fourth-order valence-corrected chi connectivity index (χ4v) is 3.10. The first-order valence-corrected chi connectivity index (χ1v) is 8.84. The lowest BCUT2D eigenvalue weighted by atomic mass is 10.1. The summed E-state index contributed by atoms with van der Waals surface area (Å²) in [6.07, 6.45) is 0.887. The summed E-state index contributed by atoms with van der Waals surface area (Å²) >= 11 is 5.96. The van der Waals surface area contributed by atoms with Crippen molar-refractivity contribution in [2.24, 2.45) is 0 Å². The standard InChI is InChI=1S/C18H20ClN7/c1-11-9-16(25-24-11)22-17-14-10-26(2)8-7-15(14)21-18(23-17)20-13-5-3-12(19)4-6-13/h3-6,9H,7-8,10H2,1-2H3,(H3,20,21,22,23,24,25). The number of hydrogen-bond acceptors (Lipinski definition) is 6. The molecule has 3 N–H and O–H groups in total. The first kappa shape index (κ1) is 16.8. The number of aromatic nitrogens is 4. The van der Waals surface area contributed by atoms with Crippen LogP contribution in [0, 0.1) is 6.92 Å². The zero-order valence-corrected chi connectivity index (χ0v) is 15.4. The Hall–Kier alpha value is -2.64. The maximum absolute atomic E-state index is 5.96. The molecule has 0 radical (unpaired) electrons. The SMILES string of the molecule is Cc1cc(Nc2nc(Nc3ccc(Cl)cc3)nc3c2CN(C)CC3)n[nH]1. The second kappa shape index (κ2) is 6.93. The van der Waals surface area contributed by atoms with Crippen LogP contribution in [0.15, 0.2) is 30.3 Å². The third kappa shape index (κ3) is 3.63. The fourth-order valence-electron chi connectivity index (χ4n) is 2.97. The Kier molecular flexibility index (Phi) is 4.48. The lowest BCUT2D eigenvalue weighted by molar-refractivity contribution is 0.310. The van der Waals surface area contributed by atoms with Crippen LogP contribution >= 0.6 is 11.6 Å². The predicted octanol–water partition coefficient (Wildman–Crippen LogP) is 3.64. The number of benzene rings is 1. The molecule has 1 aromatic carbocycles. The number of fused-ring (bicyclic) bond motifs is 1. The van der Waals surface area contributed by atoms with E-state index in [2.05, 4.69) is 32.8 Å². The first-order valence-electron chi connectivity index (χ1n) is 8.47. The average Bonchev–Trinajstić information content (AvgIpc) is 3.02. The molecule has 2 aromatic heterocycles. The van der Waals surface area contributed by atoms with E-state index in [4.69, 9.17) is 21.6 Å². The van der Waals surface area contributed by atoms with Crippen molar-refractivity contribution in [2.75, 3.05) is 24.2 Å². The molecule has 26 heavy (non-hydrogen) atoms. The summed E-state index contributed by atoms with van der Waals surface area (Å²) in [7, 11) is 2.10. The second-order valence-corrected chi connectivity index (χ2v) is 6.94. The van der Waals surface area contributed by atoms with Gasteiger partial charge >= 0.3 is 0 Å². The summed E-state index contributed by atoms with van der Waals surface area (Å²) in [4.78, 5) is 11.7. The van der Waals surface area contributed by atoms with Gasteiger partial charge in [0, 0.05) is 47.5 Å². The molecular formula is C18H20ClN7. The number of likely N-dealkylation sites (N-methyl/N-ethyl adjacent to an activating group) is 1. The number of nitrogens with zero attached hydrogens (tertiary/aromatic N) is 4. The van der Waals surface area contributed by atoms with E-state index >= 15 is 0 Å². The molecule has 1 aliphatic heterocycles. The molecule has 0 aliphatic carbocycles. The summed E-state index contributed by atoms with van der Waals surface area (Å²) in [5.41, 5.74) is 4.06. The van der Waals surface area contributed by atoms with Gasteiger partial charge in [-0.25, -0.2) is 4.98 Å². The maximum atomic E-state index is 5.96. The van der Waals surface area contributed by atoms with Crippen LogP contribution in [0.5, 0.6) is 0 Å². The van der Waals surface area contributed by atoms with Crippen LogP contribution in [-0.4, -0.2) is 38.7 Å². The normalized spacial score (nSPS) is 14.1. The Bertz CT molecular complexity index is 920. The molecule has 0 saturated heterocycles. The van der Waals surface area contributed by atoms with Crippen molar-refractivity contribution in [3.05, 3.63) is 52.3 Å². The molecule has 0 bridgehead atoms. The minimum Gasteiger partial charge on any atom is -0.324 e. The van der Waals surface area contributed by atoms with E-state index in [9.17, 15) is 0 Å². The Balaban J connectivity index is 1.68. The molecule has 0 atom stereocenters. The van der Waals surface area contributed by atoms with E-state index in [1.807, 2.05) is 37.3 Å². The molecule has 0 spiro atoms. The van der Waals surface area contributed by atoms with Crippen LogP contribution in [0.4, 0.5) is 23.3 Å². The quantitative estimate of drug-likeness (QED) is 0.651. The molecule has 8 heteroatoms. The van der Waals surface area contributed by atoms with Gasteiger partial charge in [-0.15, -0.1) is 0 Å². The van der Waals surface area contributed by atoms with Gasteiger partial charge in [-0.1, -0.05) is 11.6 Å². The molecule has 7 nitrogen and oxygen atoms in total. The number of H-pyrrole nitrogens is 1. The summed E-state index contributed by atoms with van der Waals surface area (Å²) in [5.74, 6) is 2.09. The molecule has 0 fully saturated rings. The smallest absolute Gasteiger partial charge is 0.229 e. The first-order chi connectivity index (χ1) is 12.6. The summed E-state index contributed by atoms with van der Waals surface area (Å²) in [6, 6.07) is 9.44. The van der Waals surface area contributed by atoms with Gasteiger partial charge in [0.05, 0.1) is 5.69 Å². The minimum atomic E-state index is 0.561. The van der Waals surface area contributed by atoms with Crippen LogP contribution in [0.25, 0.3) is 0 Å². The lowest BCUT2D eigenvalue weighted by Gasteiger charge is -2.26. The number of aromatic amines is 1. The summed E-state index contributed by atoms with van der Waals surface area (Å²) in [6.45, 7) is 3.75. The van der Waals surface area contributed by atoms with E-state index in [-0.39, 0.29) is 0 Å². The number of rotatable bonds is 4. The van der Waals surface area contributed by atoms with Gasteiger partial charge in [0.1, 0.15) is 5.82 Å². The largest absolute Gasteiger partial charge is 0.324 e. The molecule has 0 unspecified atom stereocenters. The van der Waals surface area contributed by atoms with E-state index in [0.717, 1.165) is 53.8 Å². The van der Waals surface area contributed by atoms with E-state index < -0.39 is 0 Å². The molecule has 3 heterocycles. The van der Waals surface area contributed by atoms with Crippen LogP contribution in [-0.2, 0) is 13.0 Å². The lowest BCUT2D eigenvalue weighted by Crippen LogP contribution is -2.28. The average molecular weight is 370 g/mol. The number of anilines is 4. The van der Waals surface area contributed by atoms with Crippen molar-refractivity contribution >= 4 is 34.9 Å². The third-order valence-corrected chi connectivity index (χ3v) is 4.56. The Morgan fingerprint density at radius 1 is 1.15 bits per heavy atom. The molecule has 3 aromatic rings. The molecular weight excluding hydrogens is 350 g/mol. The van der Waals surface area contributed by atoms with Crippen LogP contribution in [0.3, 0.4) is 0 Å². The number of halogens is 1. The highest BCUT2D eigenvalue weighted by atomic mass is 35.5. The summed E-state index contributed by atoms with van der Waals surface area (Å²) in [5, 5.41) is 14.5. The van der Waals surface area contributed by atoms with Gasteiger partial charge in [-0.2, -0.15) is 10.1 Å². The highest BCUT2D eigenvalue weighted by Crippen LogP contribution is 2.28. The third-order valence-electron chi connectivity index (χ3n) is 4.30. The number of aryl methyl sites for hydroxylation is 1. The zero-order chi connectivity index (χ0) is 18.1. The van der Waals surface area contributed by atoms with Gasteiger partial charge in [0.2, 0.25) is 5.95 Å². The Morgan fingerprint density at radius 2 is 1.96 bits per heavy atom. The van der Waals surface area contributed by atoms with Crippen molar-refractivity contribution in [1.82, 2.24) is 25.1 Å². The van der Waals surface area contributed by atoms with E-state index in [1.165, 1.54) is 0 Å². The van der Waals surface area contributed by atoms with E-state index in [0.29, 0.717) is 11.0 Å². The Morgan fingerprint density at radius 3 is 2.69 bits per heavy atom. The molecule has 4 rings (SSSR count). The molecule has 1 aliphatic rings. The number of hydrogen-bond donors (Lipinski definition) is 3. The van der Waals surface area contributed by atoms with Gasteiger partial charge in [0.15, 0.2) is 5.82 Å². The van der Waals surface area contributed by atoms with Gasteiger partial charge < -0.3 is 15.5 Å². The van der Waals surface area contributed by atoms with Crippen LogP contribution in [0.2, 0.25) is 5.02 Å². The van der Waals surface area contributed by atoms with Crippen molar-refractivity contribution in [3.63, 3.8) is 0 Å². The zero-order valence-electron chi connectivity index (χ0n) is 14.7. The van der Waals surface area contributed by atoms with Crippen molar-refractivity contribution in [1.29, 1.82) is 0 Å². The molecule has 0 amide bonds. The number of nitrogens with one attached hydrogen (secondary N) is 3. The highest BCUT2D eigenvalue weighted by Gasteiger charge is 2.21. The van der Waals surface area contributed by atoms with Crippen LogP contribution in [0.1, 0.15) is 17.0 Å². The summed E-state index contributed by atoms with van der Waals surface area (Å²) < 4.78 is 0. The highest BCUT2D eigenvalue weighted by molar-refractivity contribution is 6.30. The predicted molar refractivity (Wildman–Crippen MR) is 103 cm³/mol. The van der Waals surface area contributed by atoms with Crippen molar-refractivity contribution in [2.45, 2.75) is 19.9 Å². The molecule has 134 valence electrons. The van der Waals surface area contributed by atoms with E-state index in [1.54, 1.807) is 0 Å². The molecule has 0 saturated carbocycles. The second-order valence-electron chi connectivity index (χ2n) is 6.50. The van der Waals surface area contributed by atoms with Gasteiger partial charge in [-0.3, -0.25) is 5.10 Å². The van der Waals surface area contributed by atoms with Gasteiger partial charge in [0.25, 0.3) is 0 Å². The monoisotopic (exact) mass is 369 g/mol. The van der Waals surface area contributed by atoms with Gasteiger partial charge in [-0.05, 0) is 38.2 Å². The fraction of sp³-hybridized carbons (Fsp3) is 0.278. The van der Waals surface area contributed by atoms with Crippen molar-refractivity contribution in [3.8, 4) is 0 Å². The van der Waals surface area contributed by atoms with Crippen LogP contribution < -0.4 is 10.6 Å². The minimum absolute atomic E-state index is 0.561. The maximum Gasteiger partial charge on any atom is 0.229 e. The topological polar surface area (TPSA) is 81.8 Å². The van der Waals surface area contributed by atoms with Crippen molar-refractivity contribution < 1.29 is 0 Å².